The predicted octanol–water partition coefficient (Wildman–Crippen LogP) is -0.00710. The van der Waals surface area contributed by atoms with Gasteiger partial charge in [0.15, 0.2) is 9.84 Å². The van der Waals surface area contributed by atoms with E-state index in [4.69, 9.17) is 11.6 Å². The van der Waals surface area contributed by atoms with Crippen molar-refractivity contribution in [3.8, 4) is 0 Å². The van der Waals surface area contributed by atoms with Crippen molar-refractivity contribution in [3.63, 3.8) is 0 Å². The Morgan fingerprint density at radius 2 is 1.89 bits per heavy atom. The number of alkyl halides is 1. The first kappa shape index (κ1) is 14.1. The third-order valence-corrected chi connectivity index (χ3v) is 5.61. The Balaban J connectivity index is 2.07. The highest BCUT2D eigenvalue weighted by Gasteiger charge is 2.41. The van der Waals surface area contributed by atoms with Crippen molar-refractivity contribution in [1.82, 2.24) is 10.2 Å². The Kier molecular flexibility index (Phi) is 4.50. The van der Waals surface area contributed by atoms with Gasteiger partial charge in [-0.2, -0.15) is 0 Å². The summed E-state index contributed by atoms with van der Waals surface area (Å²) in [6.45, 7) is 1.85. The topological polar surface area (TPSA) is 66.5 Å². The van der Waals surface area contributed by atoms with Crippen LogP contribution in [-0.4, -0.2) is 61.8 Å². The van der Waals surface area contributed by atoms with Crippen LogP contribution in [0.4, 0.5) is 0 Å². The summed E-state index contributed by atoms with van der Waals surface area (Å²) in [7, 11) is -3.05. The molecule has 0 unspecified atom stereocenters. The molecule has 2 aliphatic heterocycles. The number of sulfone groups is 1. The summed E-state index contributed by atoms with van der Waals surface area (Å²) in [5.74, 6) is -0.221. The normalized spacial score (nSPS) is 32.3. The number of nitrogens with zero attached hydrogens (tertiary/aromatic N) is 1. The van der Waals surface area contributed by atoms with Crippen LogP contribution in [0.5, 0.6) is 0 Å². The lowest BCUT2D eigenvalue weighted by atomic mass is 10.1. The number of halogens is 1. The smallest absolute Gasteiger partial charge is 0.235 e. The van der Waals surface area contributed by atoms with E-state index in [1.807, 2.05) is 0 Å². The van der Waals surface area contributed by atoms with Crippen molar-refractivity contribution < 1.29 is 13.2 Å². The first-order valence-electron chi connectivity index (χ1n) is 6.31. The molecule has 2 fully saturated rings. The molecule has 0 bridgehead atoms. The molecule has 0 aliphatic carbocycles. The van der Waals surface area contributed by atoms with Crippen molar-refractivity contribution in [3.05, 3.63) is 0 Å². The highest BCUT2D eigenvalue weighted by Crippen LogP contribution is 2.22. The van der Waals surface area contributed by atoms with Crippen molar-refractivity contribution >= 4 is 27.3 Å². The van der Waals surface area contributed by atoms with E-state index >= 15 is 0 Å². The van der Waals surface area contributed by atoms with E-state index in [2.05, 4.69) is 10.2 Å². The summed E-state index contributed by atoms with van der Waals surface area (Å²) in [6, 6.07) is -0.387. The first-order valence-corrected chi connectivity index (χ1v) is 8.67. The van der Waals surface area contributed by atoms with E-state index in [0.717, 1.165) is 25.9 Å². The average molecular weight is 295 g/mol. The Bertz CT molecular complexity index is 407. The molecule has 0 aromatic carbocycles. The van der Waals surface area contributed by atoms with Crippen LogP contribution in [0.2, 0.25) is 0 Å². The highest BCUT2D eigenvalue weighted by atomic mass is 35.5. The van der Waals surface area contributed by atoms with Crippen LogP contribution in [0, 0.1) is 0 Å². The number of hydrogen-bond donors (Lipinski definition) is 1. The van der Waals surface area contributed by atoms with Crippen molar-refractivity contribution in [2.45, 2.75) is 31.3 Å². The van der Waals surface area contributed by atoms with Crippen LogP contribution in [0.15, 0.2) is 0 Å². The van der Waals surface area contributed by atoms with Gasteiger partial charge in [-0.3, -0.25) is 9.69 Å². The van der Waals surface area contributed by atoms with Crippen LogP contribution < -0.4 is 5.32 Å². The summed E-state index contributed by atoms with van der Waals surface area (Å²) in [5, 5.41) is 2.74. The molecule has 2 heterocycles. The molecule has 1 amide bonds. The number of rotatable bonds is 3. The quantitative estimate of drug-likeness (QED) is 0.744. The molecule has 5 nitrogen and oxygen atoms in total. The summed E-state index contributed by atoms with van der Waals surface area (Å²) in [6.07, 6.45) is 3.41. The van der Waals surface area contributed by atoms with E-state index in [0.29, 0.717) is 0 Å². The Hall–Kier alpha value is -0.330. The second-order valence-electron chi connectivity index (χ2n) is 5.05. The van der Waals surface area contributed by atoms with Crippen LogP contribution in [0.3, 0.4) is 0 Å². The fraction of sp³-hybridized carbons (Fsp3) is 0.909. The molecule has 2 aliphatic rings. The highest BCUT2D eigenvalue weighted by molar-refractivity contribution is 7.91. The van der Waals surface area contributed by atoms with Crippen LogP contribution in [0.25, 0.3) is 0 Å². The van der Waals surface area contributed by atoms with Crippen LogP contribution in [0.1, 0.15) is 19.3 Å². The van der Waals surface area contributed by atoms with E-state index in [9.17, 15) is 13.2 Å². The lowest BCUT2D eigenvalue weighted by Crippen LogP contribution is -2.52. The minimum atomic E-state index is -3.05. The summed E-state index contributed by atoms with van der Waals surface area (Å²) >= 11 is 5.46. The second kappa shape index (κ2) is 5.75. The number of nitrogens with one attached hydrogen (secondary N) is 1. The minimum absolute atomic E-state index is 0.0385. The van der Waals surface area contributed by atoms with Gasteiger partial charge in [-0.1, -0.05) is 6.42 Å². The molecule has 1 N–H and O–H groups in total. The molecule has 0 aromatic heterocycles. The lowest BCUT2D eigenvalue weighted by molar-refractivity contribution is -0.119. The number of carbonyl (C=O) groups is 1. The maximum Gasteiger partial charge on any atom is 0.235 e. The summed E-state index contributed by atoms with van der Waals surface area (Å²) < 4.78 is 23.5. The molecular weight excluding hydrogens is 276 g/mol. The summed E-state index contributed by atoms with van der Waals surface area (Å²) in [5.41, 5.74) is 0. The molecule has 104 valence electrons. The maximum absolute atomic E-state index is 11.8. The number of hydrogen-bond acceptors (Lipinski definition) is 4. The van der Waals surface area contributed by atoms with Gasteiger partial charge < -0.3 is 5.32 Å². The number of amides is 1. The number of piperidine rings is 1. The average Bonchev–Trinajstić information content (AvgIpc) is 2.65. The maximum atomic E-state index is 11.8. The number of carbonyl (C=O) groups excluding carboxylic acids is 1. The molecule has 0 saturated carbocycles. The molecule has 0 aromatic rings. The van der Waals surface area contributed by atoms with Crippen molar-refractivity contribution in [2.75, 3.05) is 30.5 Å². The number of likely N-dealkylation sites (tertiary alicyclic amines) is 1. The van der Waals surface area contributed by atoms with Gasteiger partial charge >= 0.3 is 0 Å². The Labute approximate surface area is 113 Å². The van der Waals surface area contributed by atoms with Gasteiger partial charge in [-0.25, -0.2) is 8.42 Å². The van der Waals surface area contributed by atoms with Gasteiger partial charge in [0, 0.05) is 6.04 Å². The van der Waals surface area contributed by atoms with Crippen LogP contribution >= 0.6 is 11.6 Å². The SMILES string of the molecule is O=C(CCl)N[C@H]1CS(=O)(=O)C[C@@H]1N1CCCCC1. The zero-order valence-electron chi connectivity index (χ0n) is 10.3. The van der Waals surface area contributed by atoms with Gasteiger partial charge in [-0.05, 0) is 25.9 Å². The molecule has 18 heavy (non-hydrogen) atoms. The fourth-order valence-corrected chi connectivity index (χ4v) is 4.85. The molecule has 0 spiro atoms. The fourth-order valence-electron chi connectivity index (χ4n) is 2.82. The molecule has 2 rings (SSSR count). The monoisotopic (exact) mass is 294 g/mol. The Morgan fingerprint density at radius 1 is 1.22 bits per heavy atom. The molecular formula is C11H19ClN2O3S. The van der Waals surface area contributed by atoms with E-state index < -0.39 is 9.84 Å². The van der Waals surface area contributed by atoms with Gasteiger partial charge in [0.25, 0.3) is 0 Å². The van der Waals surface area contributed by atoms with Gasteiger partial charge in [0.1, 0.15) is 5.88 Å². The van der Waals surface area contributed by atoms with Crippen molar-refractivity contribution in [1.29, 1.82) is 0 Å². The van der Waals surface area contributed by atoms with Gasteiger partial charge in [0.05, 0.1) is 17.5 Å². The zero-order valence-corrected chi connectivity index (χ0v) is 11.8. The third kappa shape index (κ3) is 3.36. The molecule has 7 heteroatoms. The zero-order chi connectivity index (χ0) is 13.2. The van der Waals surface area contributed by atoms with E-state index in [-0.39, 0.29) is 35.4 Å². The van der Waals surface area contributed by atoms with E-state index in [1.165, 1.54) is 6.42 Å². The van der Waals surface area contributed by atoms with Gasteiger partial charge in [-0.15, -0.1) is 11.6 Å². The van der Waals surface area contributed by atoms with Crippen molar-refractivity contribution in [2.24, 2.45) is 0 Å². The standard InChI is InChI=1S/C11H19ClN2O3S/c12-6-11(15)13-9-7-18(16,17)8-10(9)14-4-2-1-3-5-14/h9-10H,1-8H2,(H,13,15)/t9-,10-/m0/s1. The summed E-state index contributed by atoms with van der Waals surface area (Å²) in [4.78, 5) is 13.6. The van der Waals surface area contributed by atoms with Gasteiger partial charge in [0.2, 0.25) is 5.91 Å². The third-order valence-electron chi connectivity index (χ3n) is 3.65. The van der Waals surface area contributed by atoms with Crippen LogP contribution in [-0.2, 0) is 14.6 Å². The largest absolute Gasteiger partial charge is 0.350 e. The first-order chi connectivity index (χ1) is 8.52. The Morgan fingerprint density at radius 3 is 2.50 bits per heavy atom. The van der Waals surface area contributed by atoms with E-state index in [1.54, 1.807) is 0 Å². The minimum Gasteiger partial charge on any atom is -0.350 e. The molecule has 0 radical (unpaired) electrons. The lowest BCUT2D eigenvalue weighted by Gasteiger charge is -2.34. The molecule has 2 saturated heterocycles. The predicted molar refractivity (Wildman–Crippen MR) is 70.5 cm³/mol. The molecule has 2 atom stereocenters. The second-order valence-corrected chi connectivity index (χ2v) is 7.47.